The maximum absolute atomic E-state index is 12.3. The molecule has 2 heterocycles. The SMILES string of the molecule is CCn1cc(S(=O)(=O)NCC2CCCS2)cc1CNC. The van der Waals surface area contributed by atoms with Gasteiger partial charge in [0.05, 0.1) is 4.90 Å². The second-order valence-electron chi connectivity index (χ2n) is 4.97. The summed E-state index contributed by atoms with van der Waals surface area (Å²) >= 11 is 1.86. The van der Waals surface area contributed by atoms with E-state index in [4.69, 9.17) is 0 Å². The van der Waals surface area contributed by atoms with Gasteiger partial charge in [-0.3, -0.25) is 0 Å². The summed E-state index contributed by atoms with van der Waals surface area (Å²) in [4.78, 5) is 0.368. The molecule has 7 heteroatoms. The van der Waals surface area contributed by atoms with Crippen LogP contribution in [0.25, 0.3) is 0 Å². The summed E-state index contributed by atoms with van der Waals surface area (Å²) in [6.07, 6.45) is 4.01. The Morgan fingerprint density at radius 3 is 2.90 bits per heavy atom. The fourth-order valence-electron chi connectivity index (χ4n) is 2.39. The van der Waals surface area contributed by atoms with Gasteiger partial charge < -0.3 is 9.88 Å². The Kier molecular flexibility index (Phi) is 5.54. The maximum atomic E-state index is 12.3. The van der Waals surface area contributed by atoms with Crippen LogP contribution in [0.3, 0.4) is 0 Å². The largest absolute Gasteiger partial charge is 0.349 e. The summed E-state index contributed by atoms with van der Waals surface area (Å²) in [5.74, 6) is 1.14. The molecule has 0 radical (unpaired) electrons. The van der Waals surface area contributed by atoms with Gasteiger partial charge in [-0.05, 0) is 38.6 Å². The summed E-state index contributed by atoms with van der Waals surface area (Å²) in [5.41, 5.74) is 0.991. The number of aryl methyl sites for hydroxylation is 1. The summed E-state index contributed by atoms with van der Waals surface area (Å²) < 4.78 is 29.4. The van der Waals surface area contributed by atoms with Crippen LogP contribution in [0.15, 0.2) is 17.2 Å². The van der Waals surface area contributed by atoms with E-state index in [1.165, 1.54) is 6.42 Å². The van der Waals surface area contributed by atoms with E-state index in [1.54, 1.807) is 12.3 Å². The average Bonchev–Trinajstić information content (AvgIpc) is 3.06. The number of thioether (sulfide) groups is 1. The molecule has 5 nitrogen and oxygen atoms in total. The van der Waals surface area contributed by atoms with Crippen molar-refractivity contribution in [2.45, 2.75) is 43.0 Å². The van der Waals surface area contributed by atoms with Gasteiger partial charge in [0.2, 0.25) is 10.0 Å². The zero-order valence-corrected chi connectivity index (χ0v) is 13.7. The Morgan fingerprint density at radius 2 is 2.30 bits per heavy atom. The second kappa shape index (κ2) is 6.98. The van der Waals surface area contributed by atoms with Gasteiger partial charge in [0.15, 0.2) is 0 Å². The van der Waals surface area contributed by atoms with Crippen LogP contribution in [0.4, 0.5) is 0 Å². The topological polar surface area (TPSA) is 63.1 Å². The first-order chi connectivity index (χ1) is 9.56. The molecule has 1 unspecified atom stereocenters. The number of hydrogen-bond acceptors (Lipinski definition) is 4. The third kappa shape index (κ3) is 3.78. The van der Waals surface area contributed by atoms with Gasteiger partial charge in [-0.25, -0.2) is 13.1 Å². The maximum Gasteiger partial charge on any atom is 0.242 e. The molecule has 1 aromatic heterocycles. The minimum atomic E-state index is -3.39. The molecule has 1 atom stereocenters. The molecule has 1 aromatic rings. The average molecular weight is 317 g/mol. The van der Waals surface area contributed by atoms with E-state index in [9.17, 15) is 8.42 Å². The lowest BCUT2D eigenvalue weighted by atomic mass is 10.2. The zero-order valence-electron chi connectivity index (χ0n) is 12.1. The quantitative estimate of drug-likeness (QED) is 0.798. The van der Waals surface area contributed by atoms with Crippen LogP contribution in [0.1, 0.15) is 25.5 Å². The molecule has 20 heavy (non-hydrogen) atoms. The van der Waals surface area contributed by atoms with E-state index in [0.29, 0.717) is 23.2 Å². The Hall–Kier alpha value is -0.500. The second-order valence-corrected chi connectivity index (χ2v) is 8.15. The van der Waals surface area contributed by atoms with Crippen molar-refractivity contribution in [2.24, 2.45) is 0 Å². The first kappa shape index (κ1) is 15.9. The number of rotatable bonds is 7. The Labute approximate surface area is 125 Å². The van der Waals surface area contributed by atoms with E-state index in [0.717, 1.165) is 24.4 Å². The van der Waals surface area contributed by atoms with Crippen LogP contribution < -0.4 is 10.0 Å². The normalized spacial score (nSPS) is 19.6. The molecule has 1 aliphatic rings. The minimum absolute atomic E-state index is 0.368. The Morgan fingerprint density at radius 1 is 1.50 bits per heavy atom. The molecule has 0 aromatic carbocycles. The van der Waals surface area contributed by atoms with E-state index in [2.05, 4.69) is 10.0 Å². The lowest BCUT2D eigenvalue weighted by Gasteiger charge is -2.09. The lowest BCUT2D eigenvalue weighted by Crippen LogP contribution is -2.29. The molecule has 0 aliphatic carbocycles. The van der Waals surface area contributed by atoms with E-state index >= 15 is 0 Å². The van der Waals surface area contributed by atoms with Crippen LogP contribution in [0.5, 0.6) is 0 Å². The molecule has 2 rings (SSSR count). The van der Waals surface area contributed by atoms with Gasteiger partial charge in [0.1, 0.15) is 0 Å². The molecule has 2 N–H and O–H groups in total. The molecular weight excluding hydrogens is 294 g/mol. The van der Waals surface area contributed by atoms with Crippen LogP contribution in [0, 0.1) is 0 Å². The predicted molar refractivity (Wildman–Crippen MR) is 83.5 cm³/mol. The molecule has 0 bridgehead atoms. The fourth-order valence-corrected chi connectivity index (χ4v) is 4.84. The van der Waals surface area contributed by atoms with Crippen LogP contribution in [0.2, 0.25) is 0 Å². The lowest BCUT2D eigenvalue weighted by molar-refractivity contribution is 0.578. The summed E-state index contributed by atoms with van der Waals surface area (Å²) in [6.45, 7) is 3.98. The monoisotopic (exact) mass is 317 g/mol. The summed E-state index contributed by atoms with van der Waals surface area (Å²) in [7, 11) is -1.53. The van der Waals surface area contributed by atoms with Crippen LogP contribution in [-0.2, 0) is 23.1 Å². The highest BCUT2D eigenvalue weighted by molar-refractivity contribution is 8.00. The van der Waals surface area contributed by atoms with Crippen molar-refractivity contribution < 1.29 is 8.42 Å². The zero-order chi connectivity index (χ0) is 14.6. The smallest absolute Gasteiger partial charge is 0.242 e. The first-order valence-electron chi connectivity index (χ1n) is 7.01. The van der Waals surface area contributed by atoms with E-state index in [1.807, 2.05) is 30.3 Å². The van der Waals surface area contributed by atoms with Crippen molar-refractivity contribution in [1.29, 1.82) is 0 Å². The van der Waals surface area contributed by atoms with Gasteiger partial charge in [-0.2, -0.15) is 11.8 Å². The number of aromatic nitrogens is 1. The van der Waals surface area contributed by atoms with Crippen LogP contribution in [-0.4, -0.2) is 37.6 Å². The van der Waals surface area contributed by atoms with E-state index < -0.39 is 10.0 Å². The van der Waals surface area contributed by atoms with Gasteiger partial charge >= 0.3 is 0 Å². The van der Waals surface area contributed by atoms with Crippen molar-refractivity contribution in [2.75, 3.05) is 19.3 Å². The molecule has 114 valence electrons. The molecule has 1 saturated heterocycles. The van der Waals surface area contributed by atoms with Crippen molar-refractivity contribution in [3.8, 4) is 0 Å². The highest BCUT2D eigenvalue weighted by atomic mass is 32.2. The number of hydrogen-bond donors (Lipinski definition) is 2. The van der Waals surface area contributed by atoms with Gasteiger partial charge in [-0.1, -0.05) is 0 Å². The Bertz CT molecular complexity index is 534. The number of sulfonamides is 1. The van der Waals surface area contributed by atoms with E-state index in [-0.39, 0.29) is 0 Å². The minimum Gasteiger partial charge on any atom is -0.349 e. The van der Waals surface area contributed by atoms with Crippen LogP contribution >= 0.6 is 11.8 Å². The van der Waals surface area contributed by atoms with Crippen molar-refractivity contribution in [3.05, 3.63) is 18.0 Å². The standard InChI is InChI=1S/C13H23N3O2S2/c1-3-16-10-13(7-11(16)8-14-2)20(17,18)15-9-12-5-4-6-19-12/h7,10,12,14-15H,3-6,8-9H2,1-2H3. The van der Waals surface area contributed by atoms with Gasteiger partial charge in [0, 0.05) is 36.8 Å². The fraction of sp³-hybridized carbons (Fsp3) is 0.692. The number of nitrogens with zero attached hydrogens (tertiary/aromatic N) is 1. The predicted octanol–water partition coefficient (Wildman–Crippen LogP) is 1.40. The third-order valence-electron chi connectivity index (χ3n) is 3.49. The molecule has 1 fully saturated rings. The number of nitrogens with one attached hydrogen (secondary N) is 2. The molecule has 1 aliphatic heterocycles. The van der Waals surface area contributed by atoms with Crippen molar-refractivity contribution >= 4 is 21.8 Å². The molecular formula is C13H23N3O2S2. The highest BCUT2D eigenvalue weighted by Crippen LogP contribution is 2.25. The summed E-state index contributed by atoms with van der Waals surface area (Å²) in [5, 5.41) is 3.49. The summed E-state index contributed by atoms with van der Waals surface area (Å²) in [6, 6.07) is 1.75. The molecule has 0 amide bonds. The first-order valence-corrected chi connectivity index (χ1v) is 9.55. The van der Waals surface area contributed by atoms with Gasteiger partial charge in [-0.15, -0.1) is 0 Å². The Balaban J connectivity index is 2.07. The molecule has 0 saturated carbocycles. The van der Waals surface area contributed by atoms with Gasteiger partial charge in [0.25, 0.3) is 0 Å². The third-order valence-corrected chi connectivity index (χ3v) is 6.28. The molecule has 0 spiro atoms. The highest BCUT2D eigenvalue weighted by Gasteiger charge is 2.21. The van der Waals surface area contributed by atoms with Crippen molar-refractivity contribution in [3.63, 3.8) is 0 Å². The van der Waals surface area contributed by atoms with Crippen molar-refractivity contribution in [1.82, 2.24) is 14.6 Å².